The van der Waals surface area contributed by atoms with E-state index in [9.17, 15) is 0 Å². The zero-order chi connectivity index (χ0) is 18.2. The summed E-state index contributed by atoms with van der Waals surface area (Å²) in [5, 5.41) is 6.83. The lowest BCUT2D eigenvalue weighted by Crippen LogP contribution is -2.40. The number of para-hydroxylation sites is 2. The smallest absolute Gasteiger partial charge is 0.191 e. The van der Waals surface area contributed by atoms with Crippen LogP contribution in [0.15, 0.2) is 53.5 Å². The molecule has 0 amide bonds. The maximum absolute atomic E-state index is 5.72. The SMILES string of the molecule is C#CCOc1ccccc1CNC(=NC)NC1CCOc2ccccc21.I. The fourth-order valence-electron chi connectivity index (χ4n) is 2.94. The Bertz CT molecular complexity index is 817. The molecule has 0 saturated heterocycles. The topological polar surface area (TPSA) is 54.9 Å². The highest BCUT2D eigenvalue weighted by molar-refractivity contribution is 14.0. The number of hydrogen-bond donors (Lipinski definition) is 2. The van der Waals surface area contributed by atoms with Crippen LogP contribution in [-0.4, -0.2) is 26.2 Å². The van der Waals surface area contributed by atoms with Gasteiger partial charge in [-0.05, 0) is 12.1 Å². The van der Waals surface area contributed by atoms with Crippen molar-refractivity contribution in [2.75, 3.05) is 20.3 Å². The van der Waals surface area contributed by atoms with Gasteiger partial charge in [-0.25, -0.2) is 0 Å². The van der Waals surface area contributed by atoms with Crippen LogP contribution >= 0.6 is 24.0 Å². The highest BCUT2D eigenvalue weighted by atomic mass is 127. The summed E-state index contributed by atoms with van der Waals surface area (Å²) in [5.74, 6) is 4.94. The number of aliphatic imine (C=N–C) groups is 1. The zero-order valence-corrected chi connectivity index (χ0v) is 17.6. The lowest BCUT2D eigenvalue weighted by Gasteiger charge is -2.28. The second-order valence-corrected chi connectivity index (χ2v) is 5.90. The van der Waals surface area contributed by atoms with E-state index in [1.165, 1.54) is 0 Å². The molecule has 1 aliphatic rings. The van der Waals surface area contributed by atoms with Gasteiger partial charge in [0.05, 0.1) is 12.6 Å². The van der Waals surface area contributed by atoms with E-state index in [4.69, 9.17) is 15.9 Å². The third-order valence-corrected chi connectivity index (χ3v) is 4.22. The minimum atomic E-state index is 0. The Hall–Kier alpha value is -2.40. The van der Waals surface area contributed by atoms with Crippen molar-refractivity contribution < 1.29 is 9.47 Å². The summed E-state index contributed by atoms with van der Waals surface area (Å²) in [7, 11) is 1.77. The second-order valence-electron chi connectivity index (χ2n) is 5.90. The molecule has 0 spiro atoms. The number of fused-ring (bicyclic) bond motifs is 1. The molecule has 1 atom stereocenters. The molecule has 2 aromatic carbocycles. The van der Waals surface area contributed by atoms with Gasteiger partial charge < -0.3 is 20.1 Å². The molecule has 1 unspecified atom stereocenters. The molecule has 0 fully saturated rings. The standard InChI is InChI=1S/C21H23N3O2.HI/c1-3-13-25-19-10-6-4-8-16(19)15-23-21(22-2)24-18-12-14-26-20-11-7-5-9-17(18)20;/h1,4-11,18H,12-15H2,2H3,(H2,22,23,24);1H. The molecule has 2 aromatic rings. The molecule has 27 heavy (non-hydrogen) atoms. The van der Waals surface area contributed by atoms with Crippen LogP contribution in [0.5, 0.6) is 11.5 Å². The normalized spacial score (nSPS) is 15.4. The van der Waals surface area contributed by atoms with Crippen LogP contribution in [0.1, 0.15) is 23.6 Å². The largest absolute Gasteiger partial charge is 0.493 e. The molecule has 142 valence electrons. The molecule has 0 saturated carbocycles. The fourth-order valence-corrected chi connectivity index (χ4v) is 2.94. The first-order valence-electron chi connectivity index (χ1n) is 8.65. The number of benzene rings is 2. The average molecular weight is 477 g/mol. The Morgan fingerprint density at radius 3 is 2.85 bits per heavy atom. The molecular formula is C21H24IN3O2. The summed E-state index contributed by atoms with van der Waals surface area (Å²) in [6.45, 7) is 1.53. The van der Waals surface area contributed by atoms with Gasteiger partial charge in [0.15, 0.2) is 5.96 Å². The first-order valence-corrected chi connectivity index (χ1v) is 8.65. The maximum Gasteiger partial charge on any atom is 0.191 e. The van der Waals surface area contributed by atoms with Crippen LogP contribution in [0.4, 0.5) is 0 Å². The van der Waals surface area contributed by atoms with Gasteiger partial charge in [-0.1, -0.05) is 42.3 Å². The molecule has 3 rings (SSSR count). The lowest BCUT2D eigenvalue weighted by molar-refractivity contribution is 0.261. The molecule has 0 aromatic heterocycles. The predicted octanol–water partition coefficient (Wildman–Crippen LogP) is 3.51. The Kier molecular flexibility index (Phi) is 8.27. The van der Waals surface area contributed by atoms with Crippen LogP contribution in [0, 0.1) is 12.3 Å². The van der Waals surface area contributed by atoms with Crippen LogP contribution in [0.25, 0.3) is 0 Å². The van der Waals surface area contributed by atoms with Crippen molar-refractivity contribution in [3.05, 3.63) is 59.7 Å². The Morgan fingerprint density at radius 1 is 1.26 bits per heavy atom. The van der Waals surface area contributed by atoms with E-state index in [-0.39, 0.29) is 36.6 Å². The summed E-state index contributed by atoms with van der Waals surface area (Å²) in [6.07, 6.45) is 6.17. The summed E-state index contributed by atoms with van der Waals surface area (Å²) >= 11 is 0. The molecule has 1 aliphatic heterocycles. The molecule has 5 nitrogen and oxygen atoms in total. The number of nitrogens with one attached hydrogen (secondary N) is 2. The van der Waals surface area contributed by atoms with Crippen molar-refractivity contribution in [3.8, 4) is 23.8 Å². The number of ether oxygens (including phenoxy) is 2. The number of halogens is 1. The van der Waals surface area contributed by atoms with Crippen molar-refractivity contribution in [2.45, 2.75) is 19.0 Å². The third kappa shape index (κ3) is 5.54. The van der Waals surface area contributed by atoms with Gasteiger partial charge in [-0.2, -0.15) is 0 Å². The molecule has 6 heteroatoms. The molecule has 1 heterocycles. The van der Waals surface area contributed by atoms with E-state index in [0.717, 1.165) is 35.0 Å². The summed E-state index contributed by atoms with van der Waals surface area (Å²) in [6, 6.07) is 16.1. The number of terminal acetylenes is 1. The number of rotatable bonds is 5. The molecule has 0 aliphatic carbocycles. The lowest BCUT2D eigenvalue weighted by atomic mass is 10.0. The summed E-state index contributed by atoms with van der Waals surface area (Å²) in [4.78, 5) is 4.34. The van der Waals surface area contributed by atoms with Crippen molar-refractivity contribution in [1.29, 1.82) is 0 Å². The van der Waals surface area contributed by atoms with Gasteiger partial charge >= 0.3 is 0 Å². The Morgan fingerprint density at radius 2 is 2.04 bits per heavy atom. The number of guanidine groups is 1. The minimum Gasteiger partial charge on any atom is -0.493 e. The third-order valence-electron chi connectivity index (χ3n) is 4.22. The van der Waals surface area contributed by atoms with Gasteiger partial charge in [0.2, 0.25) is 0 Å². The Labute approximate surface area is 177 Å². The minimum absolute atomic E-state index is 0. The second kappa shape index (κ2) is 10.7. The van der Waals surface area contributed by atoms with E-state index >= 15 is 0 Å². The highest BCUT2D eigenvalue weighted by Crippen LogP contribution is 2.31. The number of hydrogen-bond acceptors (Lipinski definition) is 3. The Balaban J connectivity index is 0.00000261. The summed E-state index contributed by atoms with van der Waals surface area (Å²) < 4.78 is 11.3. The molecule has 0 bridgehead atoms. The average Bonchev–Trinajstić information content (AvgIpc) is 2.70. The van der Waals surface area contributed by atoms with Crippen molar-refractivity contribution >= 4 is 29.9 Å². The van der Waals surface area contributed by atoms with Crippen LogP contribution < -0.4 is 20.1 Å². The van der Waals surface area contributed by atoms with Gasteiger partial charge in [0.1, 0.15) is 18.1 Å². The predicted molar refractivity (Wildman–Crippen MR) is 119 cm³/mol. The van der Waals surface area contributed by atoms with E-state index in [1.54, 1.807) is 7.05 Å². The van der Waals surface area contributed by atoms with E-state index < -0.39 is 0 Å². The highest BCUT2D eigenvalue weighted by Gasteiger charge is 2.21. The fraction of sp³-hybridized carbons (Fsp3) is 0.286. The van der Waals surface area contributed by atoms with Crippen molar-refractivity contribution in [2.24, 2.45) is 4.99 Å². The number of nitrogens with zero attached hydrogens (tertiary/aromatic N) is 1. The van der Waals surface area contributed by atoms with Gasteiger partial charge in [0, 0.05) is 31.1 Å². The van der Waals surface area contributed by atoms with Gasteiger partial charge in [0.25, 0.3) is 0 Å². The van der Waals surface area contributed by atoms with Crippen molar-refractivity contribution in [1.82, 2.24) is 10.6 Å². The van der Waals surface area contributed by atoms with Crippen LogP contribution in [0.2, 0.25) is 0 Å². The van der Waals surface area contributed by atoms with E-state index in [1.807, 2.05) is 42.5 Å². The van der Waals surface area contributed by atoms with E-state index in [2.05, 4.69) is 27.6 Å². The molecule has 2 N–H and O–H groups in total. The summed E-state index contributed by atoms with van der Waals surface area (Å²) in [5.41, 5.74) is 2.18. The van der Waals surface area contributed by atoms with Crippen LogP contribution in [-0.2, 0) is 6.54 Å². The van der Waals surface area contributed by atoms with Gasteiger partial charge in [-0.15, -0.1) is 30.4 Å². The monoisotopic (exact) mass is 477 g/mol. The molecular weight excluding hydrogens is 453 g/mol. The first-order chi connectivity index (χ1) is 12.8. The molecule has 0 radical (unpaired) electrons. The van der Waals surface area contributed by atoms with Crippen molar-refractivity contribution in [3.63, 3.8) is 0 Å². The van der Waals surface area contributed by atoms with Gasteiger partial charge in [-0.3, -0.25) is 4.99 Å². The van der Waals surface area contributed by atoms with Crippen LogP contribution in [0.3, 0.4) is 0 Å². The zero-order valence-electron chi connectivity index (χ0n) is 15.3. The maximum atomic E-state index is 5.72. The van der Waals surface area contributed by atoms with E-state index in [0.29, 0.717) is 13.2 Å². The first kappa shape index (κ1) is 20.9. The quantitative estimate of drug-likeness (QED) is 0.300.